The van der Waals surface area contributed by atoms with Crippen molar-refractivity contribution in [2.75, 3.05) is 12.8 Å². The van der Waals surface area contributed by atoms with Gasteiger partial charge in [-0.3, -0.25) is 9.36 Å². The summed E-state index contributed by atoms with van der Waals surface area (Å²) in [6, 6.07) is 5.74. The zero-order valence-electron chi connectivity index (χ0n) is 10.7. The Hall–Kier alpha value is -1.46. The summed E-state index contributed by atoms with van der Waals surface area (Å²) < 4.78 is 1.94. The molecule has 2 rings (SSSR count). The molecular weight excluding hydrogens is 282 g/mol. The second kappa shape index (κ2) is 6.12. The first kappa shape index (κ1) is 14.0. The van der Waals surface area contributed by atoms with Gasteiger partial charge in [-0.15, -0.1) is 0 Å². The molecule has 1 amide bonds. The van der Waals surface area contributed by atoms with Crippen molar-refractivity contribution in [2.24, 2.45) is 0 Å². The second-order valence-corrected chi connectivity index (χ2v) is 5.28. The summed E-state index contributed by atoms with van der Waals surface area (Å²) in [6.45, 7) is 1.96. The number of hydrogen-bond acceptors (Lipinski definition) is 3. The molecule has 0 fully saturated rings. The van der Waals surface area contributed by atoms with E-state index in [-0.39, 0.29) is 5.91 Å². The van der Waals surface area contributed by atoms with E-state index in [0.29, 0.717) is 10.8 Å². The summed E-state index contributed by atoms with van der Waals surface area (Å²) in [5.74, 6) is 0.315. The Labute approximate surface area is 121 Å². The molecule has 0 aliphatic carbocycles. The lowest BCUT2D eigenvalue weighted by molar-refractivity contribution is -0.118. The van der Waals surface area contributed by atoms with Crippen LogP contribution >= 0.6 is 23.4 Å². The van der Waals surface area contributed by atoms with Crippen LogP contribution in [0, 0.1) is 6.92 Å². The number of thioether (sulfide) groups is 1. The molecule has 0 unspecified atom stereocenters. The Morgan fingerprint density at radius 3 is 3.05 bits per heavy atom. The maximum Gasteiger partial charge on any atom is 0.230 e. The quantitative estimate of drug-likeness (QED) is 0.882. The molecule has 100 valence electrons. The number of carbonyl (C=O) groups excluding carboxylic acids is 1. The van der Waals surface area contributed by atoms with Gasteiger partial charge in [0.2, 0.25) is 5.91 Å². The first-order chi connectivity index (χ1) is 9.13. The molecule has 0 aliphatic rings. The summed E-state index contributed by atoms with van der Waals surface area (Å²) in [5.41, 5.74) is 1.97. The third-order valence-electron chi connectivity index (χ3n) is 2.72. The van der Waals surface area contributed by atoms with E-state index >= 15 is 0 Å². The summed E-state index contributed by atoms with van der Waals surface area (Å²) >= 11 is 7.52. The highest BCUT2D eigenvalue weighted by Gasteiger charge is 2.10. The first-order valence-electron chi connectivity index (χ1n) is 5.75. The summed E-state index contributed by atoms with van der Waals surface area (Å²) in [7, 11) is 1.62. The van der Waals surface area contributed by atoms with Crippen LogP contribution in [0.3, 0.4) is 0 Å². The lowest BCUT2D eigenvalue weighted by Gasteiger charge is -2.11. The van der Waals surface area contributed by atoms with E-state index in [1.165, 1.54) is 11.8 Å². The summed E-state index contributed by atoms with van der Waals surface area (Å²) in [5, 5.41) is 4.08. The van der Waals surface area contributed by atoms with E-state index in [0.717, 1.165) is 16.4 Å². The van der Waals surface area contributed by atoms with Gasteiger partial charge in [-0.1, -0.05) is 29.4 Å². The Morgan fingerprint density at radius 1 is 1.53 bits per heavy atom. The van der Waals surface area contributed by atoms with Crippen LogP contribution in [0.1, 0.15) is 5.56 Å². The van der Waals surface area contributed by atoms with Gasteiger partial charge in [0.1, 0.15) is 0 Å². The van der Waals surface area contributed by atoms with Crippen molar-refractivity contribution in [2.45, 2.75) is 12.1 Å². The van der Waals surface area contributed by atoms with Crippen molar-refractivity contribution in [3.05, 3.63) is 41.2 Å². The number of amides is 1. The highest BCUT2D eigenvalue weighted by atomic mass is 35.5. The van der Waals surface area contributed by atoms with Crippen LogP contribution in [0.25, 0.3) is 5.69 Å². The normalized spacial score (nSPS) is 10.5. The van der Waals surface area contributed by atoms with E-state index in [4.69, 9.17) is 11.6 Å². The molecule has 1 aromatic carbocycles. The average molecular weight is 296 g/mol. The van der Waals surface area contributed by atoms with Gasteiger partial charge in [-0.05, 0) is 24.6 Å². The number of nitrogens with one attached hydrogen (secondary N) is 1. The van der Waals surface area contributed by atoms with Crippen molar-refractivity contribution in [3.63, 3.8) is 0 Å². The van der Waals surface area contributed by atoms with Crippen molar-refractivity contribution in [1.29, 1.82) is 0 Å². The number of carbonyl (C=O) groups is 1. The van der Waals surface area contributed by atoms with E-state index < -0.39 is 0 Å². The molecule has 0 radical (unpaired) electrons. The second-order valence-electron chi connectivity index (χ2n) is 3.93. The minimum absolute atomic E-state index is 0.0256. The predicted molar refractivity (Wildman–Crippen MR) is 78.1 cm³/mol. The standard InChI is InChI=1S/C13H14ClN3OS/c1-9-10(14)4-3-5-11(9)17-7-6-16-13(17)19-8-12(18)15-2/h3-7H,8H2,1-2H3,(H,15,18). The highest BCUT2D eigenvalue weighted by molar-refractivity contribution is 7.99. The summed E-state index contributed by atoms with van der Waals surface area (Å²) in [4.78, 5) is 15.6. The van der Waals surface area contributed by atoms with Gasteiger partial charge in [0.25, 0.3) is 0 Å². The minimum Gasteiger partial charge on any atom is -0.358 e. The van der Waals surface area contributed by atoms with Crippen molar-refractivity contribution in [1.82, 2.24) is 14.9 Å². The Balaban J connectivity index is 2.29. The molecule has 1 N–H and O–H groups in total. The molecule has 0 spiro atoms. The van der Waals surface area contributed by atoms with E-state index in [2.05, 4.69) is 10.3 Å². The fourth-order valence-electron chi connectivity index (χ4n) is 1.64. The lowest BCUT2D eigenvalue weighted by atomic mass is 10.2. The SMILES string of the molecule is CNC(=O)CSc1nccn1-c1cccc(Cl)c1C. The van der Waals surface area contributed by atoms with Crippen LogP contribution in [0.4, 0.5) is 0 Å². The third kappa shape index (κ3) is 3.11. The molecule has 0 aliphatic heterocycles. The number of rotatable bonds is 4. The molecule has 19 heavy (non-hydrogen) atoms. The lowest BCUT2D eigenvalue weighted by Crippen LogP contribution is -2.20. The average Bonchev–Trinajstić information content (AvgIpc) is 2.87. The topological polar surface area (TPSA) is 46.9 Å². The van der Waals surface area contributed by atoms with Crippen molar-refractivity contribution in [3.8, 4) is 5.69 Å². The monoisotopic (exact) mass is 295 g/mol. The Morgan fingerprint density at radius 2 is 2.32 bits per heavy atom. The van der Waals surface area contributed by atoms with Gasteiger partial charge in [0.05, 0.1) is 11.4 Å². The zero-order valence-corrected chi connectivity index (χ0v) is 12.3. The maximum atomic E-state index is 11.3. The Bertz CT molecular complexity index is 597. The molecule has 4 nitrogen and oxygen atoms in total. The number of halogens is 1. The van der Waals surface area contributed by atoms with Gasteiger partial charge < -0.3 is 5.32 Å². The number of hydrogen-bond donors (Lipinski definition) is 1. The first-order valence-corrected chi connectivity index (χ1v) is 7.12. The largest absolute Gasteiger partial charge is 0.358 e. The van der Waals surface area contributed by atoms with Crippen LogP contribution in [0.5, 0.6) is 0 Å². The van der Waals surface area contributed by atoms with E-state index in [1.807, 2.05) is 35.9 Å². The van der Waals surface area contributed by atoms with Crippen molar-refractivity contribution >= 4 is 29.3 Å². The zero-order chi connectivity index (χ0) is 13.8. The molecule has 0 saturated heterocycles. The van der Waals surface area contributed by atoms with Crippen LogP contribution in [0.15, 0.2) is 35.7 Å². The van der Waals surface area contributed by atoms with Crippen LogP contribution in [-0.2, 0) is 4.79 Å². The molecule has 6 heteroatoms. The number of imidazole rings is 1. The molecule has 2 aromatic rings. The Kier molecular flexibility index (Phi) is 4.50. The number of aromatic nitrogens is 2. The van der Waals surface area contributed by atoms with Gasteiger partial charge in [-0.25, -0.2) is 4.98 Å². The van der Waals surface area contributed by atoms with Crippen LogP contribution in [0.2, 0.25) is 5.02 Å². The van der Waals surface area contributed by atoms with Gasteiger partial charge in [0, 0.05) is 24.5 Å². The van der Waals surface area contributed by atoms with E-state index in [1.54, 1.807) is 13.2 Å². The van der Waals surface area contributed by atoms with Crippen LogP contribution < -0.4 is 5.32 Å². The molecule has 0 bridgehead atoms. The molecule has 1 aromatic heterocycles. The predicted octanol–water partition coefficient (Wildman–Crippen LogP) is 2.67. The smallest absolute Gasteiger partial charge is 0.230 e. The third-order valence-corrected chi connectivity index (χ3v) is 4.09. The summed E-state index contributed by atoms with van der Waals surface area (Å²) in [6.07, 6.45) is 3.58. The van der Waals surface area contributed by atoms with Gasteiger partial charge in [-0.2, -0.15) is 0 Å². The molecule has 1 heterocycles. The molecule has 0 saturated carbocycles. The van der Waals surface area contributed by atoms with Gasteiger partial charge >= 0.3 is 0 Å². The molecule has 0 atom stereocenters. The number of nitrogens with zero attached hydrogens (tertiary/aromatic N) is 2. The van der Waals surface area contributed by atoms with E-state index in [9.17, 15) is 4.79 Å². The fraction of sp³-hybridized carbons (Fsp3) is 0.231. The highest BCUT2D eigenvalue weighted by Crippen LogP contribution is 2.26. The maximum absolute atomic E-state index is 11.3. The molecular formula is C13H14ClN3OS. The van der Waals surface area contributed by atoms with Gasteiger partial charge in [0.15, 0.2) is 5.16 Å². The minimum atomic E-state index is -0.0256. The van der Waals surface area contributed by atoms with Crippen LogP contribution in [-0.4, -0.2) is 28.3 Å². The van der Waals surface area contributed by atoms with Crippen molar-refractivity contribution < 1.29 is 4.79 Å². The fourth-order valence-corrected chi connectivity index (χ4v) is 2.65. The number of benzene rings is 1.